The Balaban J connectivity index is 2.66. The first-order valence-corrected chi connectivity index (χ1v) is 6.21. The molecule has 0 spiro atoms. The molecule has 0 aromatic carbocycles. The van der Waals surface area contributed by atoms with Crippen LogP contribution in [0.5, 0.6) is 0 Å². The Morgan fingerprint density at radius 1 is 1.37 bits per heavy atom. The maximum Gasteiger partial charge on any atom is 0.339 e. The number of pyridine rings is 1. The van der Waals surface area contributed by atoms with Gasteiger partial charge >= 0.3 is 5.97 Å². The van der Waals surface area contributed by atoms with Gasteiger partial charge in [0.05, 0.1) is 5.69 Å². The van der Waals surface area contributed by atoms with Crippen molar-refractivity contribution < 1.29 is 9.90 Å². The minimum Gasteiger partial charge on any atom is -0.478 e. The summed E-state index contributed by atoms with van der Waals surface area (Å²) in [6.45, 7) is 5.75. The van der Waals surface area contributed by atoms with E-state index in [1.165, 1.54) is 6.20 Å². The van der Waals surface area contributed by atoms with Gasteiger partial charge in [-0.3, -0.25) is 4.98 Å². The summed E-state index contributed by atoms with van der Waals surface area (Å²) in [5.74, 6) is 0.450. The number of aryl methyl sites for hydroxylation is 3. The lowest BCUT2D eigenvalue weighted by atomic mass is 10.2. The van der Waals surface area contributed by atoms with Gasteiger partial charge in [-0.2, -0.15) is 5.10 Å². The van der Waals surface area contributed by atoms with Crippen LogP contribution >= 0.6 is 0 Å². The molecule has 1 N–H and O–H groups in total. The molecule has 6 nitrogen and oxygen atoms in total. The van der Waals surface area contributed by atoms with Crippen molar-refractivity contribution in [3.63, 3.8) is 0 Å². The van der Waals surface area contributed by atoms with E-state index in [0.717, 1.165) is 11.5 Å². The molecule has 0 aliphatic rings. The topological polar surface area (TPSA) is 80.9 Å². The Morgan fingerprint density at radius 3 is 2.68 bits per heavy atom. The Kier molecular flexibility index (Phi) is 3.59. The van der Waals surface area contributed by atoms with Crippen LogP contribution in [0, 0.1) is 6.92 Å². The average Bonchev–Trinajstić information content (AvgIpc) is 2.81. The second kappa shape index (κ2) is 5.17. The highest BCUT2D eigenvalue weighted by Gasteiger charge is 2.17. The molecule has 2 aromatic rings. The maximum absolute atomic E-state index is 11.3. The van der Waals surface area contributed by atoms with Crippen LogP contribution in [-0.2, 0) is 12.8 Å². The first-order valence-electron chi connectivity index (χ1n) is 6.21. The third-order valence-electron chi connectivity index (χ3n) is 2.83. The number of carboxylic acids is 1. The molecule has 0 aliphatic heterocycles. The van der Waals surface area contributed by atoms with E-state index in [0.29, 0.717) is 24.4 Å². The van der Waals surface area contributed by atoms with Crippen molar-refractivity contribution in [2.45, 2.75) is 33.6 Å². The molecule has 0 amide bonds. The van der Waals surface area contributed by atoms with E-state index in [1.807, 2.05) is 20.8 Å². The Labute approximate surface area is 111 Å². The summed E-state index contributed by atoms with van der Waals surface area (Å²) in [7, 11) is 0. The summed E-state index contributed by atoms with van der Waals surface area (Å²) < 4.78 is 1.61. The molecule has 2 rings (SSSR count). The maximum atomic E-state index is 11.3. The molecule has 0 saturated carbocycles. The first-order chi connectivity index (χ1) is 9.06. The van der Waals surface area contributed by atoms with Gasteiger partial charge in [0.15, 0.2) is 5.82 Å². The summed E-state index contributed by atoms with van der Waals surface area (Å²) in [6, 6.07) is 1.72. The molecule has 100 valence electrons. The van der Waals surface area contributed by atoms with Gasteiger partial charge in [0, 0.05) is 24.7 Å². The lowest BCUT2D eigenvalue weighted by Gasteiger charge is -2.08. The van der Waals surface area contributed by atoms with Crippen molar-refractivity contribution >= 4 is 5.97 Å². The Morgan fingerprint density at radius 2 is 2.11 bits per heavy atom. The molecule has 0 unspecified atom stereocenters. The van der Waals surface area contributed by atoms with Gasteiger partial charge in [0.25, 0.3) is 0 Å². The van der Waals surface area contributed by atoms with Crippen molar-refractivity contribution in [3.05, 3.63) is 35.2 Å². The number of carbonyl (C=O) groups is 1. The van der Waals surface area contributed by atoms with E-state index in [-0.39, 0.29) is 5.56 Å². The zero-order valence-corrected chi connectivity index (χ0v) is 11.2. The van der Waals surface area contributed by atoms with Crippen LogP contribution in [0.25, 0.3) is 5.69 Å². The van der Waals surface area contributed by atoms with Crippen LogP contribution in [0.3, 0.4) is 0 Å². The fraction of sp³-hybridized carbons (Fsp3) is 0.385. The molecule has 2 aromatic heterocycles. The lowest BCUT2D eigenvalue weighted by molar-refractivity contribution is 0.0696. The number of nitrogens with zero attached hydrogens (tertiary/aromatic N) is 4. The molecule has 2 heterocycles. The van der Waals surface area contributed by atoms with Crippen molar-refractivity contribution in [3.8, 4) is 5.69 Å². The minimum absolute atomic E-state index is 0.132. The summed E-state index contributed by atoms with van der Waals surface area (Å²) in [4.78, 5) is 19.7. The molecule has 0 radical (unpaired) electrons. The second-order valence-electron chi connectivity index (χ2n) is 4.21. The van der Waals surface area contributed by atoms with E-state index in [1.54, 1.807) is 10.7 Å². The summed E-state index contributed by atoms with van der Waals surface area (Å²) in [6.07, 6.45) is 2.76. The molecule has 0 aliphatic carbocycles. The Hall–Kier alpha value is -2.24. The van der Waals surface area contributed by atoms with Gasteiger partial charge in [-0.05, 0) is 13.0 Å². The molecular formula is C13H16N4O2. The number of carboxylic acid groups (broad SMARTS) is 1. The van der Waals surface area contributed by atoms with Gasteiger partial charge < -0.3 is 5.11 Å². The van der Waals surface area contributed by atoms with E-state index in [4.69, 9.17) is 0 Å². The smallest absolute Gasteiger partial charge is 0.339 e. The van der Waals surface area contributed by atoms with Crippen LogP contribution in [0.4, 0.5) is 0 Å². The quantitative estimate of drug-likeness (QED) is 0.906. The number of hydrogen-bond donors (Lipinski definition) is 1. The highest BCUT2D eigenvalue weighted by atomic mass is 16.4. The minimum atomic E-state index is -1.02. The predicted octanol–water partition coefficient (Wildman–Crippen LogP) is 1.79. The van der Waals surface area contributed by atoms with Gasteiger partial charge in [-0.25, -0.2) is 14.5 Å². The van der Waals surface area contributed by atoms with E-state index >= 15 is 0 Å². The highest BCUT2D eigenvalue weighted by molar-refractivity contribution is 5.91. The van der Waals surface area contributed by atoms with Gasteiger partial charge in [0.1, 0.15) is 11.4 Å². The summed E-state index contributed by atoms with van der Waals surface area (Å²) in [5, 5.41) is 13.6. The summed E-state index contributed by atoms with van der Waals surface area (Å²) >= 11 is 0. The molecule has 19 heavy (non-hydrogen) atoms. The monoisotopic (exact) mass is 260 g/mol. The molecule has 0 atom stereocenters. The van der Waals surface area contributed by atoms with Gasteiger partial charge in [-0.15, -0.1) is 0 Å². The van der Waals surface area contributed by atoms with Crippen molar-refractivity contribution in [2.75, 3.05) is 0 Å². The fourth-order valence-electron chi connectivity index (χ4n) is 1.85. The zero-order valence-electron chi connectivity index (χ0n) is 11.2. The van der Waals surface area contributed by atoms with Crippen molar-refractivity contribution in [1.82, 2.24) is 19.7 Å². The molecule has 0 bridgehead atoms. The standard InChI is InChI=1S/C13H16N4O2/c1-4-11-15-12(5-2)17(16-11)10-6-8(3)14-7-9(10)13(18)19/h6-7H,4-5H2,1-3H3,(H,18,19). The van der Waals surface area contributed by atoms with Gasteiger partial charge in [0.2, 0.25) is 0 Å². The summed E-state index contributed by atoms with van der Waals surface area (Å²) in [5.41, 5.74) is 1.40. The molecule has 6 heteroatoms. The van der Waals surface area contributed by atoms with Crippen LogP contribution < -0.4 is 0 Å². The second-order valence-corrected chi connectivity index (χ2v) is 4.21. The van der Waals surface area contributed by atoms with Crippen molar-refractivity contribution in [2.24, 2.45) is 0 Å². The van der Waals surface area contributed by atoms with Gasteiger partial charge in [-0.1, -0.05) is 13.8 Å². The Bertz CT molecular complexity index is 619. The molecule has 0 saturated heterocycles. The molecular weight excluding hydrogens is 244 g/mol. The number of aromatic nitrogens is 4. The highest BCUT2D eigenvalue weighted by Crippen LogP contribution is 2.17. The fourth-order valence-corrected chi connectivity index (χ4v) is 1.85. The van der Waals surface area contributed by atoms with Crippen LogP contribution in [0.1, 0.15) is 41.5 Å². The predicted molar refractivity (Wildman–Crippen MR) is 69.6 cm³/mol. The van der Waals surface area contributed by atoms with E-state index in [2.05, 4.69) is 15.1 Å². The van der Waals surface area contributed by atoms with E-state index in [9.17, 15) is 9.90 Å². The zero-order chi connectivity index (χ0) is 14.0. The lowest BCUT2D eigenvalue weighted by Crippen LogP contribution is -2.10. The molecule has 0 fully saturated rings. The third kappa shape index (κ3) is 2.47. The number of aromatic carboxylic acids is 1. The van der Waals surface area contributed by atoms with Crippen molar-refractivity contribution in [1.29, 1.82) is 0 Å². The number of hydrogen-bond acceptors (Lipinski definition) is 4. The van der Waals surface area contributed by atoms with Crippen LogP contribution in [-0.4, -0.2) is 30.8 Å². The largest absolute Gasteiger partial charge is 0.478 e. The average molecular weight is 260 g/mol. The van der Waals surface area contributed by atoms with Crippen LogP contribution in [0.2, 0.25) is 0 Å². The third-order valence-corrected chi connectivity index (χ3v) is 2.83. The number of rotatable bonds is 4. The van der Waals surface area contributed by atoms with E-state index < -0.39 is 5.97 Å². The SMILES string of the molecule is CCc1nc(CC)n(-c2cc(C)ncc2C(=O)O)n1. The normalized spacial score (nSPS) is 10.7. The first kappa shape index (κ1) is 13.2. The van der Waals surface area contributed by atoms with Crippen LogP contribution in [0.15, 0.2) is 12.3 Å².